The molecule has 4 aliphatic rings. The molecular weight excluding hydrogens is 1010 g/mol. The number of rotatable bonds is 12. The monoisotopic (exact) mass is 1050 g/mol. The number of carbonyl (C=O) groups excluding carboxylic acids is 5. The van der Waals surface area contributed by atoms with Gasteiger partial charge >= 0.3 is 24.1 Å². The Morgan fingerprint density at radius 3 is 1.46 bits per heavy atom. The lowest BCUT2D eigenvalue weighted by atomic mass is 9.87. The van der Waals surface area contributed by atoms with E-state index < -0.39 is 59.2 Å². The maximum absolute atomic E-state index is 14.1. The second-order valence-electron chi connectivity index (χ2n) is 17.5. The average Bonchev–Trinajstić information content (AvgIpc) is 3.99. The molecule has 3 N–H and O–H groups in total. The molecule has 4 fully saturated rings. The first-order valence-corrected chi connectivity index (χ1v) is 23.8. The predicted octanol–water partition coefficient (Wildman–Crippen LogP) is 8.14. The second kappa shape index (κ2) is 20.5. The number of imide groups is 2. The van der Waals surface area contributed by atoms with Crippen molar-refractivity contribution in [3.63, 3.8) is 0 Å². The van der Waals surface area contributed by atoms with Crippen LogP contribution in [0.5, 0.6) is 0 Å². The van der Waals surface area contributed by atoms with E-state index in [0.717, 1.165) is 43.2 Å². The Hall–Kier alpha value is -7.22. The molecule has 18 nitrogen and oxygen atoms in total. The van der Waals surface area contributed by atoms with E-state index in [9.17, 15) is 33.9 Å². The van der Waals surface area contributed by atoms with Crippen molar-refractivity contribution in [2.24, 2.45) is 0 Å². The number of benzene rings is 4. The van der Waals surface area contributed by atoms with E-state index in [2.05, 4.69) is 25.3 Å². The molecule has 4 atom stereocenters. The number of alkyl carbamates (subject to hydrolysis) is 1. The highest BCUT2D eigenvalue weighted by molar-refractivity contribution is 6.36. The van der Waals surface area contributed by atoms with E-state index in [0.29, 0.717) is 15.7 Å². The molecule has 6 aromatic rings. The molecule has 10 rings (SSSR count). The van der Waals surface area contributed by atoms with Crippen LogP contribution in [0, 0.1) is 0 Å². The van der Waals surface area contributed by atoms with Crippen molar-refractivity contribution in [3.05, 3.63) is 154 Å². The number of urea groups is 2. The molecule has 0 bridgehead atoms. The summed E-state index contributed by atoms with van der Waals surface area (Å²) in [5, 5.41) is 22.7. The number of hydrogen-bond acceptors (Lipinski definition) is 12. The number of nitrogens with zero attached hydrogens (tertiary/aromatic N) is 8. The number of aliphatic hydroxyl groups excluding tert-OH is 1. The zero-order valence-corrected chi connectivity index (χ0v) is 40.7. The number of aliphatic carboxylic acids is 1. The van der Waals surface area contributed by atoms with Gasteiger partial charge in [0.25, 0.3) is 11.8 Å². The van der Waals surface area contributed by atoms with Crippen LogP contribution < -0.4 is 15.1 Å². The van der Waals surface area contributed by atoms with E-state index in [-0.39, 0.29) is 67.5 Å². The van der Waals surface area contributed by atoms with Crippen LogP contribution in [0.15, 0.2) is 122 Å². The van der Waals surface area contributed by atoms with Gasteiger partial charge in [0.1, 0.15) is 29.8 Å². The molecule has 0 spiro atoms. The number of aromatic nitrogens is 4. The van der Waals surface area contributed by atoms with Crippen molar-refractivity contribution >= 4 is 93.7 Å². The first-order chi connectivity index (χ1) is 34.5. The minimum atomic E-state index is -1.34. The summed E-state index contributed by atoms with van der Waals surface area (Å²) in [4.78, 5) is 98.8. The van der Waals surface area contributed by atoms with Crippen LogP contribution in [-0.4, -0.2) is 119 Å². The summed E-state index contributed by atoms with van der Waals surface area (Å²) in [6.45, 7) is -0.0499. The number of carboxylic acids is 1. The molecule has 0 aliphatic carbocycles. The smallest absolute Gasteiger partial charge is 0.407 e. The van der Waals surface area contributed by atoms with E-state index in [1.54, 1.807) is 24.8 Å². The molecule has 6 heterocycles. The quantitative estimate of drug-likeness (QED) is 0.0985. The zero-order valence-electron chi connectivity index (χ0n) is 37.7. The van der Waals surface area contributed by atoms with Gasteiger partial charge in [-0.1, -0.05) is 94.9 Å². The highest BCUT2D eigenvalue weighted by Crippen LogP contribution is 2.45. The number of β-amino-alcohol motifs (C(OH)–C–C–N with tert-alkyl or cyclic N) is 1. The van der Waals surface area contributed by atoms with Gasteiger partial charge in [-0.25, -0.2) is 44.1 Å². The third kappa shape index (κ3) is 10.0. The van der Waals surface area contributed by atoms with Gasteiger partial charge in [-0.15, -0.1) is 0 Å². The number of hydrogen-bond donors (Lipinski definition) is 3. The van der Waals surface area contributed by atoms with E-state index in [1.165, 1.54) is 58.9 Å². The molecule has 4 aliphatic heterocycles. The molecule has 22 heteroatoms. The van der Waals surface area contributed by atoms with E-state index in [1.807, 2.05) is 48.5 Å². The molecule has 368 valence electrons. The van der Waals surface area contributed by atoms with Gasteiger partial charge in [0, 0.05) is 94.8 Å². The molecule has 0 radical (unpaired) electrons. The van der Waals surface area contributed by atoms with Crippen LogP contribution in [-0.2, 0) is 32.0 Å². The molecule has 0 saturated carbocycles. The number of fused-ring (bicyclic) bond motifs is 2. The minimum absolute atomic E-state index is 0.0266. The molecule has 72 heavy (non-hydrogen) atoms. The van der Waals surface area contributed by atoms with Crippen LogP contribution in [0.1, 0.15) is 30.4 Å². The number of nitrogens with one attached hydrogen (secondary N) is 1. The summed E-state index contributed by atoms with van der Waals surface area (Å²) < 4.78 is 5.48. The van der Waals surface area contributed by atoms with Crippen molar-refractivity contribution < 1.29 is 43.7 Å². The van der Waals surface area contributed by atoms with E-state index in [4.69, 9.17) is 56.2 Å². The number of carboxylic acid groups (broad SMARTS) is 1. The van der Waals surface area contributed by atoms with Crippen LogP contribution in [0.25, 0.3) is 22.3 Å². The van der Waals surface area contributed by atoms with Crippen molar-refractivity contribution in [1.82, 2.24) is 35.1 Å². The van der Waals surface area contributed by atoms with Gasteiger partial charge in [-0.2, -0.15) is 0 Å². The third-order valence-corrected chi connectivity index (χ3v) is 13.7. The summed E-state index contributed by atoms with van der Waals surface area (Å²) >= 11 is 24.5. The van der Waals surface area contributed by atoms with Crippen LogP contribution in [0.4, 0.5) is 25.8 Å². The summed E-state index contributed by atoms with van der Waals surface area (Å²) in [5.41, 5.74) is 3.25. The minimum Gasteiger partial charge on any atom is -0.481 e. The fourth-order valence-electron chi connectivity index (χ4n) is 9.66. The number of aliphatic hydroxyl groups is 1. The summed E-state index contributed by atoms with van der Waals surface area (Å²) in [6, 6.07) is 23.2. The first-order valence-electron chi connectivity index (χ1n) is 22.3. The molecule has 0 unspecified atom stereocenters. The highest BCUT2D eigenvalue weighted by atomic mass is 35.5. The average molecular weight is 1050 g/mol. The second-order valence-corrected chi connectivity index (χ2v) is 19.3. The molecule has 7 amide bonds. The van der Waals surface area contributed by atoms with Crippen LogP contribution in [0.3, 0.4) is 0 Å². The van der Waals surface area contributed by atoms with Crippen LogP contribution >= 0.6 is 46.4 Å². The lowest BCUT2D eigenvalue weighted by Gasteiger charge is -2.28. The van der Waals surface area contributed by atoms with Gasteiger partial charge in [0.2, 0.25) is 0 Å². The largest absolute Gasteiger partial charge is 0.481 e. The maximum atomic E-state index is 14.1. The van der Waals surface area contributed by atoms with Gasteiger partial charge in [-0.05, 0) is 58.7 Å². The maximum Gasteiger partial charge on any atom is 0.407 e. The Morgan fingerprint density at radius 1 is 0.611 bits per heavy atom. The van der Waals surface area contributed by atoms with Gasteiger partial charge in [-0.3, -0.25) is 14.4 Å². The SMILES string of the molecule is O=C(O)CCNC(=O)O[C@H]1CN2C(=O)N(c3cc(Cl)cc(Cl)c3)C(=O)[C@]2(Cc2ccc(-c3cncnc3)cc2)C1.O=C1N(c2cc(Cl)cc(Cl)c2)C(=O)[C@]2(Cc3ccc(-c4cncnc4)cc3)C[C@@H](O)CN12. The topological polar surface area (TPSA) is 229 Å². The lowest BCUT2D eigenvalue weighted by Crippen LogP contribution is -2.47. The Labute approximate surface area is 431 Å². The Bertz CT molecular complexity index is 3050. The van der Waals surface area contributed by atoms with Gasteiger partial charge in [0.15, 0.2) is 0 Å². The summed E-state index contributed by atoms with van der Waals surface area (Å²) in [5.74, 6) is -1.95. The number of anilines is 2. The van der Waals surface area contributed by atoms with Crippen molar-refractivity contribution in [2.75, 3.05) is 29.4 Å². The fraction of sp³-hybridized carbons (Fsp3) is 0.240. The zero-order chi connectivity index (χ0) is 50.9. The molecule has 4 saturated heterocycles. The number of amides is 7. The number of ether oxygens (including phenoxy) is 1. The van der Waals surface area contributed by atoms with Gasteiger partial charge in [0.05, 0.1) is 30.4 Å². The third-order valence-electron chi connectivity index (χ3n) is 12.8. The number of carbonyl (C=O) groups is 6. The lowest BCUT2D eigenvalue weighted by molar-refractivity contribution is -0.136. The predicted molar refractivity (Wildman–Crippen MR) is 266 cm³/mol. The van der Waals surface area contributed by atoms with Crippen molar-refractivity contribution in [2.45, 2.75) is 55.4 Å². The molecular formula is C50H41Cl4N9O9. The summed E-state index contributed by atoms with van der Waals surface area (Å²) in [7, 11) is 0. The molecule has 4 aromatic carbocycles. The fourth-order valence-corrected chi connectivity index (χ4v) is 10.7. The van der Waals surface area contributed by atoms with Gasteiger partial charge < -0.3 is 30.1 Å². The Kier molecular flexibility index (Phi) is 14.2. The summed E-state index contributed by atoms with van der Waals surface area (Å²) in [6.07, 6.45) is 7.75. The van der Waals surface area contributed by atoms with Crippen molar-refractivity contribution in [1.29, 1.82) is 0 Å². The Morgan fingerprint density at radius 2 is 1.03 bits per heavy atom. The van der Waals surface area contributed by atoms with E-state index >= 15 is 0 Å². The van der Waals surface area contributed by atoms with Crippen LogP contribution in [0.2, 0.25) is 20.1 Å². The number of halogens is 4. The van der Waals surface area contributed by atoms with Crippen molar-refractivity contribution in [3.8, 4) is 22.3 Å². The Balaban J connectivity index is 0.000000182. The standard InChI is InChI=1S/C27H23Cl2N5O6.C23H18Cl2N4O3/c28-19-7-20(29)9-21(8-19)34-24(37)27(10-16-1-3-17(4-2-16)18-12-30-15-31-13-18)11-22(14-33(27)26(34)39)40-25(38)32-6-5-23(35)36;24-17-5-18(25)7-19(6-17)29-21(31)23(9-20(30)12-28(23)22(29)32)8-14-1-3-15(4-2-14)16-10-26-13-27-11-16/h1-4,7-9,12-13,15,22H,5-6,10-11,14H2,(H,32,38)(H,35,36);1-7,10-11,13,20,30H,8-9,12H2/t22-,27+;20-,23+/m11/s1. The highest BCUT2D eigenvalue weighted by Gasteiger charge is 2.64. The normalized spacial score (nSPS) is 21.1. The molecule has 2 aromatic heterocycles. The first kappa shape index (κ1) is 49.7.